The highest BCUT2D eigenvalue weighted by molar-refractivity contribution is 7.10. The van der Waals surface area contributed by atoms with Crippen LogP contribution in [0.2, 0.25) is 0 Å². The molecule has 1 saturated carbocycles. The summed E-state index contributed by atoms with van der Waals surface area (Å²) in [5, 5.41) is 2.13. The summed E-state index contributed by atoms with van der Waals surface area (Å²) in [7, 11) is 2.23. The zero-order valence-corrected chi connectivity index (χ0v) is 12.6. The quantitative estimate of drug-likeness (QED) is 0.856. The smallest absolute Gasteiger partial charge is 0.0555 e. The van der Waals surface area contributed by atoms with Gasteiger partial charge in [0.2, 0.25) is 0 Å². The zero-order valence-electron chi connectivity index (χ0n) is 11.8. The number of hydrogen-bond acceptors (Lipinski definition) is 3. The Morgan fingerprint density at radius 2 is 2.16 bits per heavy atom. The topological polar surface area (TPSA) is 29.3 Å². The Morgan fingerprint density at radius 3 is 2.89 bits per heavy atom. The van der Waals surface area contributed by atoms with Gasteiger partial charge in [0, 0.05) is 23.5 Å². The molecule has 0 aliphatic heterocycles. The minimum absolute atomic E-state index is 0.438. The molecule has 1 aliphatic carbocycles. The number of nitrogens with two attached hydrogens (primary N) is 1. The lowest BCUT2D eigenvalue weighted by molar-refractivity contribution is 0.229. The molecular weight excluding hydrogens is 252 g/mol. The van der Waals surface area contributed by atoms with Crippen molar-refractivity contribution in [1.82, 2.24) is 4.90 Å². The van der Waals surface area contributed by atoms with Gasteiger partial charge in [0.05, 0.1) is 6.54 Å². The summed E-state index contributed by atoms with van der Waals surface area (Å²) in [6, 6.07) is 2.11. The lowest BCUT2D eigenvalue weighted by Crippen LogP contribution is -2.26. The highest BCUT2D eigenvalue weighted by Gasteiger charge is 2.16. The molecule has 0 aromatic carbocycles. The van der Waals surface area contributed by atoms with Crippen molar-refractivity contribution in [1.29, 1.82) is 0 Å². The van der Waals surface area contributed by atoms with E-state index in [2.05, 4.69) is 35.2 Å². The third-order valence-electron chi connectivity index (χ3n) is 3.78. The summed E-state index contributed by atoms with van der Waals surface area (Å²) < 4.78 is 0. The van der Waals surface area contributed by atoms with Crippen LogP contribution >= 0.6 is 11.3 Å². The molecule has 0 unspecified atom stereocenters. The van der Waals surface area contributed by atoms with E-state index in [1.54, 1.807) is 11.3 Å². The van der Waals surface area contributed by atoms with Crippen molar-refractivity contribution in [2.45, 2.75) is 38.6 Å². The molecule has 0 spiro atoms. The molecular formula is C16H24N2S. The molecule has 104 valence electrons. The highest BCUT2D eigenvalue weighted by Crippen LogP contribution is 2.25. The Kier molecular flexibility index (Phi) is 5.91. The summed E-state index contributed by atoms with van der Waals surface area (Å²) >= 11 is 1.81. The monoisotopic (exact) mass is 276 g/mol. The second-order valence-corrected chi connectivity index (χ2v) is 6.46. The van der Waals surface area contributed by atoms with Gasteiger partial charge in [-0.25, -0.2) is 0 Å². The van der Waals surface area contributed by atoms with Crippen LogP contribution < -0.4 is 5.73 Å². The Morgan fingerprint density at radius 1 is 1.37 bits per heavy atom. The van der Waals surface area contributed by atoms with Crippen LogP contribution in [0.1, 0.15) is 42.5 Å². The Bertz CT molecular complexity index is 435. The van der Waals surface area contributed by atoms with Crippen LogP contribution in [0.25, 0.3) is 0 Å². The molecule has 0 atom stereocenters. The van der Waals surface area contributed by atoms with Crippen LogP contribution in [0, 0.1) is 17.8 Å². The van der Waals surface area contributed by atoms with Crippen LogP contribution in [0.15, 0.2) is 11.4 Å². The fourth-order valence-corrected chi connectivity index (χ4v) is 3.75. The van der Waals surface area contributed by atoms with Gasteiger partial charge in [-0.15, -0.1) is 11.3 Å². The fourth-order valence-electron chi connectivity index (χ4n) is 2.84. The van der Waals surface area contributed by atoms with E-state index in [0.29, 0.717) is 6.54 Å². The van der Waals surface area contributed by atoms with E-state index >= 15 is 0 Å². The van der Waals surface area contributed by atoms with Gasteiger partial charge in [-0.3, -0.25) is 0 Å². The predicted octanol–water partition coefficient (Wildman–Crippen LogP) is 3.07. The van der Waals surface area contributed by atoms with Crippen LogP contribution in [-0.2, 0) is 6.54 Å². The Hall–Kier alpha value is -0.820. The first-order valence-corrected chi connectivity index (χ1v) is 8.11. The highest BCUT2D eigenvalue weighted by atomic mass is 32.1. The maximum absolute atomic E-state index is 5.44. The summed E-state index contributed by atoms with van der Waals surface area (Å²) in [6.07, 6.45) is 7.10. The fraction of sp³-hybridized carbons (Fsp3) is 0.625. The number of rotatable bonds is 4. The van der Waals surface area contributed by atoms with Crippen molar-refractivity contribution in [3.63, 3.8) is 0 Å². The molecule has 0 saturated heterocycles. The second kappa shape index (κ2) is 7.69. The van der Waals surface area contributed by atoms with Gasteiger partial charge in [-0.1, -0.05) is 31.1 Å². The van der Waals surface area contributed by atoms with Gasteiger partial charge in [0.25, 0.3) is 0 Å². The number of nitrogens with zero attached hydrogens (tertiary/aromatic N) is 1. The van der Waals surface area contributed by atoms with E-state index in [1.165, 1.54) is 43.5 Å². The van der Waals surface area contributed by atoms with Gasteiger partial charge in [-0.2, -0.15) is 0 Å². The van der Waals surface area contributed by atoms with Gasteiger partial charge >= 0.3 is 0 Å². The van der Waals surface area contributed by atoms with E-state index < -0.39 is 0 Å². The largest absolute Gasteiger partial charge is 0.320 e. The maximum Gasteiger partial charge on any atom is 0.0555 e. The average Bonchev–Trinajstić information content (AvgIpc) is 2.84. The van der Waals surface area contributed by atoms with Crippen LogP contribution in [0.3, 0.4) is 0 Å². The zero-order chi connectivity index (χ0) is 13.5. The summed E-state index contributed by atoms with van der Waals surface area (Å²) in [4.78, 5) is 3.83. The Labute approximate surface area is 121 Å². The summed E-state index contributed by atoms with van der Waals surface area (Å²) in [5.74, 6) is 7.02. The molecule has 2 nitrogen and oxygen atoms in total. The van der Waals surface area contributed by atoms with Gasteiger partial charge in [-0.05, 0) is 37.3 Å². The molecule has 1 aromatic heterocycles. The minimum atomic E-state index is 0.438. The van der Waals surface area contributed by atoms with Gasteiger partial charge < -0.3 is 10.6 Å². The molecule has 0 bridgehead atoms. The van der Waals surface area contributed by atoms with Gasteiger partial charge in [0.1, 0.15) is 0 Å². The average molecular weight is 276 g/mol. The van der Waals surface area contributed by atoms with E-state index in [4.69, 9.17) is 5.73 Å². The summed E-state index contributed by atoms with van der Waals surface area (Å²) in [5.41, 5.74) is 6.60. The van der Waals surface area contributed by atoms with Crippen molar-refractivity contribution >= 4 is 11.3 Å². The first-order chi connectivity index (χ1) is 9.29. The van der Waals surface area contributed by atoms with Crippen molar-refractivity contribution in [2.75, 3.05) is 20.1 Å². The predicted molar refractivity (Wildman–Crippen MR) is 83.2 cm³/mol. The molecule has 3 heteroatoms. The van der Waals surface area contributed by atoms with Crippen LogP contribution in [0.5, 0.6) is 0 Å². The molecule has 1 heterocycles. The molecule has 1 fully saturated rings. The lowest BCUT2D eigenvalue weighted by Gasteiger charge is -2.26. The van der Waals surface area contributed by atoms with Crippen molar-refractivity contribution in [2.24, 2.45) is 11.7 Å². The third-order valence-corrected chi connectivity index (χ3v) is 4.68. The van der Waals surface area contributed by atoms with E-state index in [-0.39, 0.29) is 0 Å². The molecule has 0 radical (unpaired) electrons. The first kappa shape index (κ1) is 14.6. The van der Waals surface area contributed by atoms with Crippen molar-refractivity contribution < 1.29 is 0 Å². The molecule has 0 amide bonds. The van der Waals surface area contributed by atoms with Crippen molar-refractivity contribution in [3.05, 3.63) is 21.9 Å². The molecule has 1 aromatic rings. The first-order valence-electron chi connectivity index (χ1n) is 7.23. The van der Waals surface area contributed by atoms with Crippen LogP contribution in [0.4, 0.5) is 0 Å². The SMILES string of the molecule is CN(Cc1sccc1C#CCN)CC1CCCCC1. The molecule has 19 heavy (non-hydrogen) atoms. The standard InChI is InChI=1S/C16H24N2S/c1-18(12-14-6-3-2-4-7-14)13-16-15(8-5-10-17)9-11-19-16/h9,11,14H,2-4,6-7,10,12-13,17H2,1H3. The van der Waals surface area contributed by atoms with E-state index in [1.807, 2.05) is 0 Å². The third kappa shape index (κ3) is 4.65. The van der Waals surface area contributed by atoms with Crippen molar-refractivity contribution in [3.8, 4) is 11.8 Å². The second-order valence-electron chi connectivity index (χ2n) is 5.46. The lowest BCUT2D eigenvalue weighted by atomic mass is 9.89. The summed E-state index contributed by atoms with van der Waals surface area (Å²) in [6.45, 7) is 2.68. The maximum atomic E-state index is 5.44. The van der Waals surface area contributed by atoms with Gasteiger partial charge in [0.15, 0.2) is 0 Å². The van der Waals surface area contributed by atoms with Crippen LogP contribution in [-0.4, -0.2) is 25.0 Å². The molecule has 2 rings (SSSR count). The Balaban J connectivity index is 1.87. The minimum Gasteiger partial charge on any atom is -0.320 e. The number of hydrogen-bond donors (Lipinski definition) is 1. The molecule has 1 aliphatic rings. The molecule has 2 N–H and O–H groups in total. The number of thiophene rings is 1. The van der Waals surface area contributed by atoms with E-state index in [0.717, 1.165) is 18.0 Å². The van der Waals surface area contributed by atoms with E-state index in [9.17, 15) is 0 Å². The normalized spacial score (nSPS) is 16.4.